The highest BCUT2D eigenvalue weighted by molar-refractivity contribution is 7.89. The van der Waals surface area contributed by atoms with Gasteiger partial charge in [0, 0.05) is 6.54 Å². The van der Waals surface area contributed by atoms with Crippen molar-refractivity contribution in [2.45, 2.75) is 11.0 Å². The van der Waals surface area contributed by atoms with Crippen molar-refractivity contribution in [1.82, 2.24) is 4.72 Å². The second kappa shape index (κ2) is 6.46. The average Bonchev–Trinajstić information content (AvgIpc) is 2.44. The SMILES string of the molecule is COC(=O)C(O)CNS(=O)(=O)c1ccc(C(=O)O)cc1. The first-order valence-electron chi connectivity index (χ1n) is 5.37. The predicted octanol–water partition coefficient (Wildman–Crippen LogP) is -0.803. The van der Waals surface area contributed by atoms with Crippen LogP contribution in [-0.4, -0.2) is 50.3 Å². The Morgan fingerprint density at radius 2 is 1.85 bits per heavy atom. The van der Waals surface area contributed by atoms with Crippen molar-refractivity contribution in [2.75, 3.05) is 13.7 Å². The molecular weight excluding hydrogens is 290 g/mol. The Kier molecular flexibility index (Phi) is 5.19. The molecule has 0 spiro atoms. The Balaban J connectivity index is 2.79. The van der Waals surface area contributed by atoms with Crippen LogP contribution in [0.1, 0.15) is 10.4 Å². The lowest BCUT2D eigenvalue weighted by Gasteiger charge is -2.10. The van der Waals surface area contributed by atoms with Crippen molar-refractivity contribution in [3.63, 3.8) is 0 Å². The van der Waals surface area contributed by atoms with E-state index >= 15 is 0 Å². The summed E-state index contributed by atoms with van der Waals surface area (Å²) in [5.74, 6) is -2.14. The number of carbonyl (C=O) groups excluding carboxylic acids is 1. The molecule has 1 aromatic carbocycles. The summed E-state index contributed by atoms with van der Waals surface area (Å²) in [5, 5.41) is 18.0. The molecule has 20 heavy (non-hydrogen) atoms. The third-order valence-electron chi connectivity index (χ3n) is 2.35. The quantitative estimate of drug-likeness (QED) is 0.586. The largest absolute Gasteiger partial charge is 0.478 e. The van der Waals surface area contributed by atoms with Crippen LogP contribution < -0.4 is 4.72 Å². The van der Waals surface area contributed by atoms with Gasteiger partial charge in [0.2, 0.25) is 10.0 Å². The second-order valence-electron chi connectivity index (χ2n) is 3.72. The molecule has 0 radical (unpaired) electrons. The molecule has 0 aromatic heterocycles. The van der Waals surface area contributed by atoms with Crippen LogP contribution in [0.2, 0.25) is 0 Å². The molecule has 8 nitrogen and oxygen atoms in total. The molecule has 0 fully saturated rings. The lowest BCUT2D eigenvalue weighted by molar-refractivity contribution is -0.149. The van der Waals surface area contributed by atoms with E-state index in [4.69, 9.17) is 5.11 Å². The summed E-state index contributed by atoms with van der Waals surface area (Å²) >= 11 is 0. The number of aliphatic hydroxyl groups excluding tert-OH is 1. The van der Waals surface area contributed by atoms with Crippen LogP contribution in [0.5, 0.6) is 0 Å². The molecule has 0 aliphatic rings. The molecule has 1 aromatic rings. The maximum absolute atomic E-state index is 11.8. The number of hydrogen-bond donors (Lipinski definition) is 3. The van der Waals surface area contributed by atoms with Gasteiger partial charge >= 0.3 is 11.9 Å². The first-order valence-corrected chi connectivity index (χ1v) is 6.85. The molecule has 0 saturated carbocycles. The Labute approximate surface area is 115 Å². The van der Waals surface area contributed by atoms with E-state index in [1.165, 1.54) is 0 Å². The molecule has 0 bridgehead atoms. The Bertz CT molecular complexity index is 594. The lowest BCUT2D eigenvalue weighted by Crippen LogP contribution is -2.37. The minimum Gasteiger partial charge on any atom is -0.478 e. The van der Waals surface area contributed by atoms with Crippen molar-refractivity contribution in [3.05, 3.63) is 29.8 Å². The molecule has 1 unspecified atom stereocenters. The number of ether oxygens (including phenoxy) is 1. The lowest BCUT2D eigenvalue weighted by atomic mass is 10.2. The van der Waals surface area contributed by atoms with Gasteiger partial charge in [-0.15, -0.1) is 0 Å². The van der Waals surface area contributed by atoms with E-state index in [2.05, 4.69) is 4.74 Å². The minimum atomic E-state index is -3.95. The molecular formula is C11H13NO7S. The molecule has 110 valence electrons. The van der Waals surface area contributed by atoms with Crippen molar-refractivity contribution < 1.29 is 33.0 Å². The van der Waals surface area contributed by atoms with E-state index < -0.39 is 34.6 Å². The third kappa shape index (κ3) is 4.02. The number of methoxy groups -OCH3 is 1. The molecule has 0 aliphatic heterocycles. The van der Waals surface area contributed by atoms with Crippen LogP contribution >= 0.6 is 0 Å². The average molecular weight is 303 g/mol. The zero-order chi connectivity index (χ0) is 15.3. The summed E-state index contributed by atoms with van der Waals surface area (Å²) < 4.78 is 29.9. The number of esters is 1. The molecule has 9 heteroatoms. The van der Waals surface area contributed by atoms with Crippen LogP contribution in [0, 0.1) is 0 Å². The highest BCUT2D eigenvalue weighted by Gasteiger charge is 2.20. The number of aromatic carboxylic acids is 1. The first-order chi connectivity index (χ1) is 9.27. The number of carboxylic acid groups (broad SMARTS) is 1. The van der Waals surface area contributed by atoms with Gasteiger partial charge in [0.25, 0.3) is 0 Å². The number of carbonyl (C=O) groups is 2. The minimum absolute atomic E-state index is 0.0569. The smallest absolute Gasteiger partial charge is 0.336 e. The van der Waals surface area contributed by atoms with Crippen LogP contribution in [0.3, 0.4) is 0 Å². The zero-order valence-corrected chi connectivity index (χ0v) is 11.3. The van der Waals surface area contributed by atoms with Crippen LogP contribution in [0.15, 0.2) is 29.2 Å². The monoisotopic (exact) mass is 303 g/mol. The van der Waals surface area contributed by atoms with E-state index in [-0.39, 0.29) is 10.5 Å². The van der Waals surface area contributed by atoms with Crippen LogP contribution in [0.25, 0.3) is 0 Å². The Morgan fingerprint density at radius 1 is 1.30 bits per heavy atom. The van der Waals surface area contributed by atoms with E-state index in [1.807, 2.05) is 4.72 Å². The number of rotatable bonds is 6. The standard InChI is InChI=1S/C11H13NO7S/c1-19-11(16)9(13)6-12-20(17,18)8-4-2-7(3-5-8)10(14)15/h2-5,9,12-13H,6H2,1H3,(H,14,15). The number of nitrogens with one attached hydrogen (secondary N) is 1. The van der Waals surface area contributed by atoms with Gasteiger partial charge in [-0.2, -0.15) is 0 Å². The molecule has 0 aliphatic carbocycles. The van der Waals surface area contributed by atoms with Gasteiger partial charge in [-0.05, 0) is 24.3 Å². The molecule has 0 heterocycles. The third-order valence-corrected chi connectivity index (χ3v) is 3.79. The van der Waals surface area contributed by atoms with Gasteiger partial charge in [-0.25, -0.2) is 22.7 Å². The number of benzene rings is 1. The maximum Gasteiger partial charge on any atom is 0.336 e. The molecule has 1 rings (SSSR count). The van der Waals surface area contributed by atoms with E-state index in [0.29, 0.717) is 0 Å². The second-order valence-corrected chi connectivity index (χ2v) is 5.49. The van der Waals surface area contributed by atoms with Crippen molar-refractivity contribution in [2.24, 2.45) is 0 Å². The number of sulfonamides is 1. The summed E-state index contributed by atoms with van der Waals surface area (Å²) in [6.45, 7) is -0.546. The molecule has 1 atom stereocenters. The van der Waals surface area contributed by atoms with Gasteiger partial charge in [0.15, 0.2) is 6.10 Å². The first kappa shape index (κ1) is 16.1. The summed E-state index contributed by atoms with van der Waals surface area (Å²) in [6, 6.07) is 4.48. The molecule has 0 saturated heterocycles. The maximum atomic E-state index is 11.8. The predicted molar refractivity (Wildman–Crippen MR) is 66.6 cm³/mol. The Hall–Kier alpha value is -1.97. The molecule has 0 amide bonds. The highest BCUT2D eigenvalue weighted by Crippen LogP contribution is 2.10. The summed E-state index contributed by atoms with van der Waals surface area (Å²) in [4.78, 5) is 21.4. The fourth-order valence-electron chi connectivity index (χ4n) is 1.27. The Morgan fingerprint density at radius 3 is 2.30 bits per heavy atom. The number of carboxylic acids is 1. The fraction of sp³-hybridized carbons (Fsp3) is 0.273. The fourth-order valence-corrected chi connectivity index (χ4v) is 2.31. The van der Waals surface area contributed by atoms with E-state index in [0.717, 1.165) is 31.4 Å². The topological polar surface area (TPSA) is 130 Å². The number of hydrogen-bond acceptors (Lipinski definition) is 6. The highest BCUT2D eigenvalue weighted by atomic mass is 32.2. The van der Waals surface area contributed by atoms with E-state index in [9.17, 15) is 23.1 Å². The summed E-state index contributed by atoms with van der Waals surface area (Å²) in [7, 11) is -2.89. The summed E-state index contributed by atoms with van der Waals surface area (Å²) in [5.41, 5.74) is -0.0569. The van der Waals surface area contributed by atoms with Gasteiger partial charge in [-0.1, -0.05) is 0 Å². The zero-order valence-electron chi connectivity index (χ0n) is 10.4. The van der Waals surface area contributed by atoms with E-state index in [1.54, 1.807) is 0 Å². The van der Waals surface area contributed by atoms with Crippen molar-refractivity contribution in [3.8, 4) is 0 Å². The normalized spacial score (nSPS) is 12.7. The molecule has 3 N–H and O–H groups in total. The number of aliphatic hydroxyl groups is 1. The van der Waals surface area contributed by atoms with Gasteiger partial charge < -0.3 is 14.9 Å². The van der Waals surface area contributed by atoms with Crippen LogP contribution in [0.4, 0.5) is 0 Å². The summed E-state index contributed by atoms with van der Waals surface area (Å²) in [6.07, 6.45) is -1.62. The van der Waals surface area contributed by atoms with Gasteiger partial charge in [-0.3, -0.25) is 0 Å². The van der Waals surface area contributed by atoms with Crippen molar-refractivity contribution in [1.29, 1.82) is 0 Å². The van der Waals surface area contributed by atoms with Gasteiger partial charge in [0.1, 0.15) is 0 Å². The van der Waals surface area contributed by atoms with Crippen molar-refractivity contribution >= 4 is 22.0 Å². The van der Waals surface area contributed by atoms with Crippen LogP contribution in [-0.2, 0) is 19.6 Å². The van der Waals surface area contributed by atoms with Gasteiger partial charge in [0.05, 0.1) is 17.6 Å².